The molecule has 3 rings (SSSR count). The zero-order valence-corrected chi connectivity index (χ0v) is 17.9. The first-order chi connectivity index (χ1) is 14.5. The van der Waals surface area contributed by atoms with Gasteiger partial charge in [-0.3, -0.25) is 9.79 Å². The standard InChI is InChI=1S/C22H31FN6O/c1-16(2)21(30)28-13-9-18(10-14-28)26-22(24-3)25-12-8-19-11-15-29(27-19)20-6-4-17(23)5-7-20/h4-7,11,15-16,18H,8-10,12-14H2,1-3H3,(H2,24,25,26). The zero-order valence-electron chi connectivity index (χ0n) is 17.9. The maximum absolute atomic E-state index is 13.1. The van der Waals surface area contributed by atoms with Crippen LogP contribution in [0.2, 0.25) is 0 Å². The van der Waals surface area contributed by atoms with Crippen LogP contribution in [-0.4, -0.2) is 59.3 Å². The van der Waals surface area contributed by atoms with Gasteiger partial charge in [-0.1, -0.05) is 13.8 Å². The number of hydrogen-bond donors (Lipinski definition) is 2. The molecule has 0 spiro atoms. The Labute approximate surface area is 177 Å². The van der Waals surface area contributed by atoms with E-state index >= 15 is 0 Å². The molecule has 1 aliphatic heterocycles. The molecular formula is C22H31FN6O. The van der Waals surface area contributed by atoms with Gasteiger partial charge in [0.1, 0.15) is 5.82 Å². The molecule has 2 N–H and O–H groups in total. The third kappa shape index (κ3) is 5.81. The van der Waals surface area contributed by atoms with Crippen molar-refractivity contribution < 1.29 is 9.18 Å². The van der Waals surface area contributed by atoms with Gasteiger partial charge in [0.2, 0.25) is 5.91 Å². The summed E-state index contributed by atoms with van der Waals surface area (Å²) in [6.07, 6.45) is 4.46. The van der Waals surface area contributed by atoms with Crippen molar-refractivity contribution in [2.45, 2.75) is 39.2 Å². The fraction of sp³-hybridized carbons (Fsp3) is 0.500. The zero-order chi connectivity index (χ0) is 21.5. The number of guanidine groups is 1. The summed E-state index contributed by atoms with van der Waals surface area (Å²) >= 11 is 0. The number of aliphatic imine (C=N–C) groups is 1. The monoisotopic (exact) mass is 414 g/mol. The van der Waals surface area contributed by atoms with Crippen molar-refractivity contribution in [3.05, 3.63) is 48.0 Å². The molecule has 1 aromatic carbocycles. The van der Waals surface area contributed by atoms with E-state index < -0.39 is 0 Å². The van der Waals surface area contributed by atoms with Gasteiger partial charge in [-0.25, -0.2) is 9.07 Å². The lowest BCUT2D eigenvalue weighted by Gasteiger charge is -2.34. The molecule has 1 amide bonds. The lowest BCUT2D eigenvalue weighted by atomic mass is 10.0. The average molecular weight is 415 g/mol. The smallest absolute Gasteiger partial charge is 0.225 e. The summed E-state index contributed by atoms with van der Waals surface area (Å²) in [6, 6.07) is 8.54. The highest BCUT2D eigenvalue weighted by Crippen LogP contribution is 2.13. The predicted octanol–water partition coefficient (Wildman–Crippen LogP) is 2.37. The summed E-state index contributed by atoms with van der Waals surface area (Å²) < 4.78 is 14.8. The normalized spacial score (nSPS) is 15.5. The van der Waals surface area contributed by atoms with Gasteiger partial charge in [0.25, 0.3) is 0 Å². The molecule has 8 heteroatoms. The number of rotatable bonds is 6. The van der Waals surface area contributed by atoms with Gasteiger partial charge in [0.15, 0.2) is 5.96 Å². The van der Waals surface area contributed by atoms with E-state index in [0.717, 1.165) is 49.7 Å². The van der Waals surface area contributed by atoms with Crippen molar-refractivity contribution in [2.75, 3.05) is 26.7 Å². The molecule has 0 unspecified atom stereocenters. The van der Waals surface area contributed by atoms with Crippen LogP contribution in [0.4, 0.5) is 4.39 Å². The van der Waals surface area contributed by atoms with Gasteiger partial charge in [0.05, 0.1) is 11.4 Å². The van der Waals surface area contributed by atoms with Crippen molar-refractivity contribution in [3.63, 3.8) is 0 Å². The van der Waals surface area contributed by atoms with Crippen LogP contribution in [0.25, 0.3) is 5.69 Å². The third-order valence-corrected chi connectivity index (χ3v) is 5.27. The minimum atomic E-state index is -0.258. The molecule has 2 aromatic rings. The summed E-state index contributed by atoms with van der Waals surface area (Å²) in [5, 5.41) is 11.3. The van der Waals surface area contributed by atoms with Crippen LogP contribution in [-0.2, 0) is 11.2 Å². The minimum absolute atomic E-state index is 0.0514. The van der Waals surface area contributed by atoms with Gasteiger partial charge < -0.3 is 15.5 Å². The molecule has 2 heterocycles. The minimum Gasteiger partial charge on any atom is -0.356 e. The summed E-state index contributed by atoms with van der Waals surface area (Å²) in [6.45, 7) is 6.16. The highest BCUT2D eigenvalue weighted by molar-refractivity contribution is 5.80. The number of amides is 1. The molecule has 0 bridgehead atoms. The first-order valence-corrected chi connectivity index (χ1v) is 10.5. The Hall–Kier alpha value is -2.90. The molecular weight excluding hydrogens is 383 g/mol. The number of aromatic nitrogens is 2. The molecule has 7 nitrogen and oxygen atoms in total. The fourth-order valence-corrected chi connectivity index (χ4v) is 3.54. The summed E-state index contributed by atoms with van der Waals surface area (Å²) in [4.78, 5) is 18.4. The highest BCUT2D eigenvalue weighted by Gasteiger charge is 2.24. The second kappa shape index (κ2) is 10.2. The molecule has 162 valence electrons. The van der Waals surface area contributed by atoms with E-state index in [-0.39, 0.29) is 17.6 Å². The van der Waals surface area contributed by atoms with Gasteiger partial charge in [0, 0.05) is 51.3 Å². The molecule has 0 atom stereocenters. The molecule has 1 saturated heterocycles. The van der Waals surface area contributed by atoms with Crippen molar-refractivity contribution in [3.8, 4) is 5.69 Å². The van der Waals surface area contributed by atoms with Crippen LogP contribution in [0.15, 0.2) is 41.5 Å². The summed E-state index contributed by atoms with van der Waals surface area (Å²) in [5.41, 5.74) is 1.78. The number of carbonyl (C=O) groups excluding carboxylic acids is 1. The van der Waals surface area contributed by atoms with Crippen LogP contribution >= 0.6 is 0 Å². The number of halogens is 1. The Morgan fingerprint density at radius 2 is 1.93 bits per heavy atom. The Kier molecular flexibility index (Phi) is 7.43. The Morgan fingerprint density at radius 1 is 1.23 bits per heavy atom. The number of nitrogens with one attached hydrogen (secondary N) is 2. The van der Waals surface area contributed by atoms with Crippen LogP contribution in [0, 0.1) is 11.7 Å². The van der Waals surface area contributed by atoms with E-state index in [9.17, 15) is 9.18 Å². The van der Waals surface area contributed by atoms with Crippen LogP contribution in [0.5, 0.6) is 0 Å². The Bertz CT molecular complexity index is 853. The Morgan fingerprint density at radius 3 is 2.57 bits per heavy atom. The lowest BCUT2D eigenvalue weighted by molar-refractivity contribution is -0.135. The molecule has 0 saturated carbocycles. The van der Waals surface area contributed by atoms with Crippen molar-refractivity contribution in [1.82, 2.24) is 25.3 Å². The molecule has 1 aromatic heterocycles. The number of carbonyl (C=O) groups is 1. The third-order valence-electron chi connectivity index (χ3n) is 5.27. The average Bonchev–Trinajstić information content (AvgIpc) is 3.22. The highest BCUT2D eigenvalue weighted by atomic mass is 19.1. The number of hydrogen-bond acceptors (Lipinski definition) is 3. The maximum Gasteiger partial charge on any atom is 0.225 e. The molecule has 1 aliphatic rings. The number of piperidine rings is 1. The number of nitrogens with zero attached hydrogens (tertiary/aromatic N) is 4. The van der Waals surface area contributed by atoms with Crippen LogP contribution in [0.1, 0.15) is 32.4 Å². The second-order valence-electron chi connectivity index (χ2n) is 7.88. The first kappa shape index (κ1) is 21.8. The van der Waals surface area contributed by atoms with Crippen molar-refractivity contribution in [1.29, 1.82) is 0 Å². The van der Waals surface area contributed by atoms with E-state index in [2.05, 4.69) is 20.7 Å². The quantitative estimate of drug-likeness (QED) is 0.562. The second-order valence-corrected chi connectivity index (χ2v) is 7.88. The first-order valence-electron chi connectivity index (χ1n) is 10.5. The number of likely N-dealkylation sites (tertiary alicyclic amines) is 1. The summed E-state index contributed by atoms with van der Waals surface area (Å²) in [7, 11) is 1.76. The molecule has 0 aliphatic carbocycles. The van der Waals surface area contributed by atoms with E-state index in [1.807, 2.05) is 31.0 Å². The van der Waals surface area contributed by atoms with Crippen molar-refractivity contribution >= 4 is 11.9 Å². The topological polar surface area (TPSA) is 74.6 Å². The van der Waals surface area contributed by atoms with Crippen molar-refractivity contribution in [2.24, 2.45) is 10.9 Å². The molecule has 30 heavy (non-hydrogen) atoms. The number of benzene rings is 1. The fourth-order valence-electron chi connectivity index (χ4n) is 3.54. The van der Waals surface area contributed by atoms with Crippen LogP contribution in [0.3, 0.4) is 0 Å². The van der Waals surface area contributed by atoms with E-state index in [1.54, 1.807) is 23.9 Å². The van der Waals surface area contributed by atoms with E-state index in [4.69, 9.17) is 0 Å². The van der Waals surface area contributed by atoms with Gasteiger partial charge in [-0.2, -0.15) is 5.10 Å². The van der Waals surface area contributed by atoms with E-state index in [1.165, 1.54) is 12.1 Å². The maximum atomic E-state index is 13.1. The lowest BCUT2D eigenvalue weighted by Crippen LogP contribution is -2.50. The Balaban J connectivity index is 1.42. The largest absolute Gasteiger partial charge is 0.356 e. The van der Waals surface area contributed by atoms with Gasteiger partial charge >= 0.3 is 0 Å². The van der Waals surface area contributed by atoms with Gasteiger partial charge in [-0.15, -0.1) is 0 Å². The van der Waals surface area contributed by atoms with Crippen LogP contribution < -0.4 is 10.6 Å². The molecule has 0 radical (unpaired) electrons. The van der Waals surface area contributed by atoms with Gasteiger partial charge in [-0.05, 0) is 43.2 Å². The SMILES string of the molecule is CN=C(NCCc1ccn(-c2ccc(F)cc2)n1)NC1CCN(C(=O)C(C)C)CC1. The predicted molar refractivity (Wildman–Crippen MR) is 116 cm³/mol. The molecule has 1 fully saturated rings. The summed E-state index contributed by atoms with van der Waals surface area (Å²) in [5.74, 6) is 0.791. The van der Waals surface area contributed by atoms with E-state index in [0.29, 0.717) is 12.6 Å².